The van der Waals surface area contributed by atoms with Crippen molar-refractivity contribution in [1.82, 2.24) is 34.6 Å². The lowest BCUT2D eigenvalue weighted by atomic mass is 10.1. The maximum atomic E-state index is 14.1. The number of carbonyl (C=O) groups excluding carboxylic acids is 1. The maximum absolute atomic E-state index is 14.1. The third-order valence-electron chi connectivity index (χ3n) is 6.44. The fourth-order valence-corrected chi connectivity index (χ4v) is 5.33. The molecule has 1 aliphatic heterocycles. The van der Waals surface area contributed by atoms with Crippen molar-refractivity contribution in [3.05, 3.63) is 106 Å². The van der Waals surface area contributed by atoms with Gasteiger partial charge in [0.2, 0.25) is 0 Å². The molecule has 0 saturated carbocycles. The van der Waals surface area contributed by atoms with E-state index in [-0.39, 0.29) is 22.3 Å². The molecule has 4 heterocycles. The van der Waals surface area contributed by atoms with Crippen molar-refractivity contribution in [2.24, 2.45) is 0 Å². The Bertz CT molecular complexity index is 1930. The number of imidazole rings is 1. The number of nitrogen functional groups attached to an aromatic ring is 1. The second kappa shape index (κ2) is 10.2. The molecule has 4 N–H and O–H groups in total. The minimum Gasteiger partial charge on any atom is -0.383 e. The van der Waals surface area contributed by atoms with E-state index in [2.05, 4.69) is 39.4 Å². The summed E-state index contributed by atoms with van der Waals surface area (Å²) in [6, 6.07) is 13.9. The number of carbonyl (C=O) groups is 1. The minimum atomic E-state index is -0.679. The molecule has 1 aliphatic rings. The number of hydrogen-bond acceptors (Lipinski definition) is 8. The van der Waals surface area contributed by atoms with Gasteiger partial charge >= 0.3 is 0 Å². The first kappa shape index (κ1) is 25.2. The first-order valence-electron chi connectivity index (χ1n) is 12.5. The van der Waals surface area contributed by atoms with Crippen LogP contribution in [0.4, 0.5) is 5.82 Å². The Balaban J connectivity index is 1.47. The van der Waals surface area contributed by atoms with E-state index in [0.29, 0.717) is 33.6 Å². The van der Waals surface area contributed by atoms with Crippen molar-refractivity contribution < 1.29 is 4.79 Å². The molecule has 0 fully saturated rings. The van der Waals surface area contributed by atoms with Crippen LogP contribution in [0.25, 0.3) is 22.2 Å². The molecule has 0 aliphatic carbocycles. The van der Waals surface area contributed by atoms with Crippen molar-refractivity contribution in [3.8, 4) is 17.5 Å². The third kappa shape index (κ3) is 4.54. The number of amides is 1. The van der Waals surface area contributed by atoms with E-state index in [0.717, 1.165) is 4.91 Å². The van der Waals surface area contributed by atoms with Gasteiger partial charge in [-0.2, -0.15) is 0 Å². The normalized spacial score (nSPS) is 15.2. The predicted octanol–water partition coefficient (Wildman–Crippen LogP) is 3.38. The molecular weight excluding hydrogens is 524 g/mol. The topological polar surface area (TPSA) is 132 Å². The molecule has 0 spiro atoms. The summed E-state index contributed by atoms with van der Waals surface area (Å²) in [4.78, 5) is 41.7. The number of hydrogen-bond donors (Lipinski definition) is 3. The highest BCUT2D eigenvalue weighted by atomic mass is 32.2. The zero-order valence-electron chi connectivity index (χ0n) is 21.6. The molecule has 0 bridgehead atoms. The van der Waals surface area contributed by atoms with Crippen LogP contribution in [-0.2, 0) is 0 Å². The van der Waals surface area contributed by atoms with Crippen LogP contribution in [0.15, 0.2) is 83.2 Å². The van der Waals surface area contributed by atoms with Crippen LogP contribution >= 0.6 is 11.8 Å². The van der Waals surface area contributed by atoms with E-state index in [4.69, 9.17) is 10.7 Å². The zero-order valence-corrected chi connectivity index (χ0v) is 22.4. The standard InChI is InChI=1S/C29H24N8O2S/c1-17(34-28(38)24-25(30)33-16-36-14-13-31-27(24)36)26-35-22-10-6-7-19(11-12-21-15-32-18(2)40-21)23(22)29(39)37(26)20-8-4-3-5-9-20/h3-10,13-18,32H,30H2,1-2H3,(H,34,38). The Morgan fingerprint density at radius 2 is 1.98 bits per heavy atom. The number of nitrogens with two attached hydrogens (primary N) is 1. The number of nitrogens with zero attached hydrogens (tertiary/aromatic N) is 5. The molecule has 11 heteroatoms. The average molecular weight is 549 g/mol. The molecular formula is C29H24N8O2S. The molecule has 1 amide bonds. The monoisotopic (exact) mass is 548 g/mol. The molecule has 10 nitrogen and oxygen atoms in total. The zero-order chi connectivity index (χ0) is 27.8. The number of aromatic nitrogens is 5. The fourth-order valence-electron chi connectivity index (χ4n) is 4.57. The first-order valence-corrected chi connectivity index (χ1v) is 13.4. The lowest BCUT2D eigenvalue weighted by Gasteiger charge is -2.20. The smallest absolute Gasteiger partial charge is 0.267 e. The Labute approximate surface area is 233 Å². The summed E-state index contributed by atoms with van der Waals surface area (Å²) in [6.45, 7) is 3.82. The lowest BCUT2D eigenvalue weighted by molar-refractivity contribution is 0.0939. The van der Waals surface area contributed by atoms with Crippen LogP contribution in [-0.4, -0.2) is 35.2 Å². The van der Waals surface area contributed by atoms with Crippen molar-refractivity contribution >= 4 is 40.0 Å². The number of rotatable bonds is 4. The molecule has 5 aromatic rings. The molecule has 2 unspecified atom stereocenters. The van der Waals surface area contributed by atoms with Crippen molar-refractivity contribution in [1.29, 1.82) is 0 Å². The number of allylic oxidation sites excluding steroid dienone is 1. The SMILES string of the molecule is CC1NC=C(C#Cc2cccc3nc(C(C)NC(=O)c4c(N)ncn5ccnc45)n(-c4ccccc4)c(=O)c23)S1. The summed E-state index contributed by atoms with van der Waals surface area (Å²) >= 11 is 1.62. The Kier molecular flexibility index (Phi) is 6.45. The maximum Gasteiger partial charge on any atom is 0.267 e. The van der Waals surface area contributed by atoms with Crippen molar-refractivity contribution in [2.45, 2.75) is 25.3 Å². The van der Waals surface area contributed by atoms with E-state index < -0.39 is 11.9 Å². The van der Waals surface area contributed by atoms with Gasteiger partial charge in [0.05, 0.1) is 32.9 Å². The van der Waals surface area contributed by atoms with Gasteiger partial charge in [-0.05, 0) is 38.1 Å². The van der Waals surface area contributed by atoms with Crippen LogP contribution in [0.5, 0.6) is 0 Å². The second-order valence-electron chi connectivity index (χ2n) is 9.19. The summed E-state index contributed by atoms with van der Waals surface area (Å²) in [5, 5.41) is 6.81. The number of benzene rings is 2. The molecule has 198 valence electrons. The fraction of sp³-hybridized carbons (Fsp3) is 0.138. The largest absolute Gasteiger partial charge is 0.383 e. The first-order chi connectivity index (χ1) is 19.4. The minimum absolute atomic E-state index is 0.0543. The summed E-state index contributed by atoms with van der Waals surface area (Å²) in [5.74, 6) is 6.25. The second-order valence-corrected chi connectivity index (χ2v) is 10.6. The number of nitrogens with one attached hydrogen (secondary N) is 2. The number of anilines is 1. The highest BCUT2D eigenvalue weighted by molar-refractivity contribution is 8.04. The lowest BCUT2D eigenvalue weighted by Crippen LogP contribution is -2.34. The quantitative estimate of drug-likeness (QED) is 0.291. The highest BCUT2D eigenvalue weighted by Crippen LogP contribution is 2.25. The summed E-state index contributed by atoms with van der Waals surface area (Å²) in [7, 11) is 0. The number of thioether (sulfide) groups is 1. The Morgan fingerprint density at radius 1 is 1.15 bits per heavy atom. The molecule has 3 aromatic heterocycles. The summed E-state index contributed by atoms with van der Waals surface area (Å²) in [5.41, 5.74) is 7.98. The van der Waals surface area contributed by atoms with E-state index in [1.807, 2.05) is 48.7 Å². The van der Waals surface area contributed by atoms with Gasteiger partial charge in [-0.15, -0.1) is 0 Å². The van der Waals surface area contributed by atoms with Crippen molar-refractivity contribution in [2.75, 3.05) is 5.73 Å². The predicted molar refractivity (Wildman–Crippen MR) is 156 cm³/mol. The van der Waals surface area contributed by atoms with Gasteiger partial charge in [-0.25, -0.2) is 15.0 Å². The van der Waals surface area contributed by atoms with Crippen LogP contribution in [0.3, 0.4) is 0 Å². The van der Waals surface area contributed by atoms with Crippen LogP contribution in [0.2, 0.25) is 0 Å². The van der Waals surface area contributed by atoms with Gasteiger partial charge in [0.15, 0.2) is 5.65 Å². The van der Waals surface area contributed by atoms with Crippen LogP contribution in [0, 0.1) is 11.8 Å². The van der Waals surface area contributed by atoms with E-state index in [1.165, 1.54) is 10.9 Å². The van der Waals surface area contributed by atoms with E-state index in [1.54, 1.807) is 41.5 Å². The molecule has 2 aromatic carbocycles. The van der Waals surface area contributed by atoms with Gasteiger partial charge in [-0.3, -0.25) is 18.6 Å². The Morgan fingerprint density at radius 3 is 2.75 bits per heavy atom. The van der Waals surface area contributed by atoms with Crippen LogP contribution in [0.1, 0.15) is 41.6 Å². The molecule has 0 radical (unpaired) electrons. The number of fused-ring (bicyclic) bond motifs is 2. The number of para-hydroxylation sites is 1. The van der Waals surface area contributed by atoms with E-state index in [9.17, 15) is 9.59 Å². The van der Waals surface area contributed by atoms with Crippen LogP contribution < -0.4 is 21.9 Å². The molecule has 2 atom stereocenters. The highest BCUT2D eigenvalue weighted by Gasteiger charge is 2.24. The van der Waals surface area contributed by atoms with Crippen molar-refractivity contribution in [3.63, 3.8) is 0 Å². The van der Waals surface area contributed by atoms with E-state index >= 15 is 0 Å². The average Bonchev–Trinajstić information content (AvgIpc) is 3.60. The molecule has 40 heavy (non-hydrogen) atoms. The van der Waals surface area contributed by atoms with Gasteiger partial charge in [-0.1, -0.05) is 47.9 Å². The van der Waals surface area contributed by atoms with Gasteiger partial charge in [0.1, 0.15) is 23.5 Å². The third-order valence-corrected chi connectivity index (χ3v) is 7.41. The van der Waals surface area contributed by atoms with Gasteiger partial charge in [0.25, 0.3) is 11.5 Å². The summed E-state index contributed by atoms with van der Waals surface area (Å²) in [6.07, 6.45) is 6.62. The Hall–Kier alpha value is -5.08. The summed E-state index contributed by atoms with van der Waals surface area (Å²) < 4.78 is 3.13. The van der Waals surface area contributed by atoms with Gasteiger partial charge in [0, 0.05) is 24.2 Å². The molecule has 0 saturated heterocycles. The van der Waals surface area contributed by atoms with Gasteiger partial charge < -0.3 is 16.4 Å². The molecule has 6 rings (SSSR count).